The Morgan fingerprint density at radius 2 is 2.17 bits per heavy atom. The second-order valence-corrected chi connectivity index (χ2v) is 7.69. The molecule has 1 aromatic heterocycles. The lowest BCUT2D eigenvalue weighted by Gasteiger charge is -2.37. The van der Waals surface area contributed by atoms with Crippen molar-refractivity contribution in [2.75, 3.05) is 31.6 Å². The van der Waals surface area contributed by atoms with E-state index in [-0.39, 0.29) is 0 Å². The molecule has 2 aromatic rings. The summed E-state index contributed by atoms with van der Waals surface area (Å²) in [5.41, 5.74) is 1.19. The molecule has 24 heavy (non-hydrogen) atoms. The maximum Gasteiger partial charge on any atom is 0.205 e. The molecule has 1 saturated heterocycles. The standard InChI is InChI=1S/C17H23ClN4OS/c1-12(22-7-8-23-11-13(22)2)10-19-17-21-20-16(24-17)9-14-3-5-15(18)6-4-14/h3-6,12-13H,7-11H2,1-2H3,(H,19,21). The number of morpholine rings is 1. The molecule has 0 radical (unpaired) electrons. The van der Waals surface area contributed by atoms with Gasteiger partial charge >= 0.3 is 0 Å². The summed E-state index contributed by atoms with van der Waals surface area (Å²) in [6.45, 7) is 7.93. The van der Waals surface area contributed by atoms with E-state index in [4.69, 9.17) is 16.3 Å². The Labute approximate surface area is 152 Å². The van der Waals surface area contributed by atoms with Crippen LogP contribution in [0.5, 0.6) is 0 Å². The molecule has 0 aliphatic carbocycles. The number of hydrogen-bond acceptors (Lipinski definition) is 6. The number of nitrogens with one attached hydrogen (secondary N) is 1. The smallest absolute Gasteiger partial charge is 0.205 e. The molecule has 2 atom stereocenters. The van der Waals surface area contributed by atoms with Crippen molar-refractivity contribution in [1.29, 1.82) is 0 Å². The van der Waals surface area contributed by atoms with Crippen molar-refractivity contribution in [3.63, 3.8) is 0 Å². The Morgan fingerprint density at radius 3 is 2.92 bits per heavy atom. The van der Waals surface area contributed by atoms with Gasteiger partial charge in [0.15, 0.2) is 0 Å². The summed E-state index contributed by atoms with van der Waals surface area (Å²) >= 11 is 7.53. The van der Waals surface area contributed by atoms with Gasteiger partial charge in [-0.3, -0.25) is 4.90 Å². The van der Waals surface area contributed by atoms with Crippen LogP contribution in [0.3, 0.4) is 0 Å². The third-order valence-electron chi connectivity index (χ3n) is 4.27. The van der Waals surface area contributed by atoms with E-state index in [1.54, 1.807) is 11.3 Å². The molecular formula is C17H23ClN4OS. The Balaban J connectivity index is 1.51. The number of anilines is 1. The Morgan fingerprint density at radius 1 is 1.38 bits per heavy atom. The highest BCUT2D eigenvalue weighted by Gasteiger charge is 2.23. The molecule has 3 rings (SSSR count). The fourth-order valence-electron chi connectivity index (χ4n) is 2.92. The van der Waals surface area contributed by atoms with E-state index in [0.29, 0.717) is 12.1 Å². The second kappa shape index (κ2) is 8.25. The van der Waals surface area contributed by atoms with Crippen molar-refractivity contribution in [2.24, 2.45) is 0 Å². The molecule has 0 spiro atoms. The monoisotopic (exact) mass is 366 g/mol. The van der Waals surface area contributed by atoms with Crippen LogP contribution in [-0.2, 0) is 11.2 Å². The van der Waals surface area contributed by atoms with Gasteiger partial charge in [-0.1, -0.05) is 35.1 Å². The molecule has 1 aromatic carbocycles. The Hall–Kier alpha value is -1.21. The quantitative estimate of drug-likeness (QED) is 0.850. The van der Waals surface area contributed by atoms with Crippen LogP contribution in [0.2, 0.25) is 5.02 Å². The number of benzene rings is 1. The molecule has 130 valence electrons. The number of nitrogens with zero attached hydrogens (tertiary/aromatic N) is 3. The van der Waals surface area contributed by atoms with Gasteiger partial charge in [-0.05, 0) is 31.5 Å². The number of rotatable bonds is 6. The van der Waals surface area contributed by atoms with Gasteiger partial charge in [0.05, 0.1) is 13.2 Å². The van der Waals surface area contributed by atoms with Crippen LogP contribution in [0, 0.1) is 0 Å². The minimum Gasteiger partial charge on any atom is -0.379 e. The van der Waals surface area contributed by atoms with Crippen LogP contribution in [0.1, 0.15) is 24.4 Å². The van der Waals surface area contributed by atoms with Crippen molar-refractivity contribution in [1.82, 2.24) is 15.1 Å². The third-order valence-corrected chi connectivity index (χ3v) is 5.40. The third kappa shape index (κ3) is 4.66. The minimum atomic E-state index is 0.438. The molecule has 2 unspecified atom stereocenters. The molecular weight excluding hydrogens is 344 g/mol. The molecule has 5 nitrogen and oxygen atoms in total. The van der Waals surface area contributed by atoms with E-state index in [1.807, 2.05) is 24.3 Å². The first kappa shape index (κ1) is 17.6. The first-order chi connectivity index (χ1) is 11.6. The van der Waals surface area contributed by atoms with Crippen molar-refractivity contribution in [3.8, 4) is 0 Å². The minimum absolute atomic E-state index is 0.438. The van der Waals surface area contributed by atoms with Crippen LogP contribution in [-0.4, -0.2) is 53.5 Å². The average molecular weight is 367 g/mol. The molecule has 0 amide bonds. The highest BCUT2D eigenvalue weighted by molar-refractivity contribution is 7.15. The Bertz CT molecular complexity index is 648. The van der Waals surface area contributed by atoms with Crippen LogP contribution in [0.4, 0.5) is 5.13 Å². The summed E-state index contributed by atoms with van der Waals surface area (Å²) in [5, 5.41) is 14.6. The zero-order valence-corrected chi connectivity index (χ0v) is 15.6. The molecule has 1 aliphatic rings. The van der Waals surface area contributed by atoms with Gasteiger partial charge in [0.25, 0.3) is 0 Å². The second-order valence-electron chi connectivity index (χ2n) is 6.20. The van der Waals surface area contributed by atoms with Crippen LogP contribution in [0.25, 0.3) is 0 Å². The van der Waals surface area contributed by atoms with Gasteiger partial charge in [-0.25, -0.2) is 0 Å². The van der Waals surface area contributed by atoms with Gasteiger partial charge in [0.1, 0.15) is 5.01 Å². The predicted molar refractivity (Wildman–Crippen MR) is 99.1 cm³/mol. The first-order valence-electron chi connectivity index (χ1n) is 8.26. The molecule has 1 N–H and O–H groups in total. The van der Waals surface area contributed by atoms with E-state index in [1.165, 1.54) is 5.56 Å². The van der Waals surface area contributed by atoms with Gasteiger partial charge in [0.2, 0.25) is 5.13 Å². The van der Waals surface area contributed by atoms with Crippen molar-refractivity contribution >= 4 is 28.1 Å². The molecule has 1 fully saturated rings. The van der Waals surface area contributed by atoms with Crippen LogP contribution in [0.15, 0.2) is 24.3 Å². The van der Waals surface area contributed by atoms with Crippen molar-refractivity contribution in [3.05, 3.63) is 39.9 Å². The topological polar surface area (TPSA) is 50.3 Å². The fraction of sp³-hybridized carbons (Fsp3) is 0.529. The summed E-state index contributed by atoms with van der Waals surface area (Å²) in [7, 11) is 0. The highest BCUT2D eigenvalue weighted by atomic mass is 35.5. The van der Waals surface area contributed by atoms with E-state index in [0.717, 1.165) is 47.9 Å². The molecule has 1 aliphatic heterocycles. The highest BCUT2D eigenvalue weighted by Crippen LogP contribution is 2.20. The molecule has 0 saturated carbocycles. The van der Waals surface area contributed by atoms with Gasteiger partial charge in [0, 0.05) is 36.6 Å². The largest absolute Gasteiger partial charge is 0.379 e. The summed E-state index contributed by atoms with van der Waals surface area (Å²) in [6, 6.07) is 8.76. The zero-order chi connectivity index (χ0) is 16.9. The lowest BCUT2D eigenvalue weighted by atomic mass is 10.2. The SMILES string of the molecule is CC(CNc1nnc(Cc2ccc(Cl)cc2)s1)N1CCOCC1C. The first-order valence-corrected chi connectivity index (χ1v) is 9.45. The zero-order valence-electron chi connectivity index (χ0n) is 14.0. The molecule has 0 bridgehead atoms. The number of hydrogen-bond donors (Lipinski definition) is 1. The number of ether oxygens (including phenoxy) is 1. The van der Waals surface area contributed by atoms with Crippen LogP contribution < -0.4 is 5.32 Å². The average Bonchev–Trinajstić information content (AvgIpc) is 3.03. The Kier molecular flexibility index (Phi) is 6.05. The fourth-order valence-corrected chi connectivity index (χ4v) is 3.83. The summed E-state index contributed by atoms with van der Waals surface area (Å²) < 4.78 is 5.50. The number of halogens is 1. The molecule has 2 heterocycles. The lowest BCUT2D eigenvalue weighted by Crippen LogP contribution is -2.50. The van der Waals surface area contributed by atoms with Gasteiger partial charge in [-0.15, -0.1) is 10.2 Å². The maximum absolute atomic E-state index is 5.92. The van der Waals surface area contributed by atoms with E-state index >= 15 is 0 Å². The van der Waals surface area contributed by atoms with E-state index in [9.17, 15) is 0 Å². The van der Waals surface area contributed by atoms with Crippen molar-refractivity contribution in [2.45, 2.75) is 32.4 Å². The molecule has 7 heteroatoms. The summed E-state index contributed by atoms with van der Waals surface area (Å²) in [4.78, 5) is 2.48. The summed E-state index contributed by atoms with van der Waals surface area (Å²) in [6.07, 6.45) is 0.784. The van der Waals surface area contributed by atoms with Gasteiger partial charge < -0.3 is 10.1 Å². The lowest BCUT2D eigenvalue weighted by molar-refractivity contribution is -0.0159. The number of aromatic nitrogens is 2. The van der Waals surface area contributed by atoms with Crippen molar-refractivity contribution < 1.29 is 4.74 Å². The normalized spacial score (nSPS) is 20.0. The van der Waals surface area contributed by atoms with Gasteiger partial charge in [-0.2, -0.15) is 0 Å². The van der Waals surface area contributed by atoms with E-state index in [2.05, 4.69) is 34.3 Å². The maximum atomic E-state index is 5.92. The summed E-state index contributed by atoms with van der Waals surface area (Å²) in [5.74, 6) is 0. The predicted octanol–water partition coefficient (Wildman–Crippen LogP) is 3.30. The van der Waals surface area contributed by atoms with E-state index < -0.39 is 0 Å². The van der Waals surface area contributed by atoms with Crippen LogP contribution >= 0.6 is 22.9 Å².